The number of hydrogen-bond donors (Lipinski definition) is 0. The standard InChI is InChI=1S/C15H18O/c1-11-9-12-5-2-3-7-15(14(12)16)8-4-6-13(15)10-11/h2-3,5,7,10,12-13H,4,6,8-9H2,1H3/t12-,13-,15-/m1/s1. The van der Waals surface area contributed by atoms with E-state index >= 15 is 0 Å². The molecule has 0 aromatic rings. The third kappa shape index (κ3) is 1.27. The van der Waals surface area contributed by atoms with Crippen LogP contribution in [0, 0.1) is 17.3 Å². The van der Waals surface area contributed by atoms with Gasteiger partial charge >= 0.3 is 0 Å². The van der Waals surface area contributed by atoms with Gasteiger partial charge < -0.3 is 0 Å². The minimum absolute atomic E-state index is 0.120. The van der Waals surface area contributed by atoms with Crippen molar-refractivity contribution in [3.8, 4) is 0 Å². The summed E-state index contributed by atoms with van der Waals surface area (Å²) in [5, 5.41) is 0. The molecule has 0 unspecified atom stereocenters. The highest BCUT2D eigenvalue weighted by atomic mass is 16.1. The second kappa shape index (κ2) is 3.44. The van der Waals surface area contributed by atoms with E-state index in [0.717, 1.165) is 12.8 Å². The van der Waals surface area contributed by atoms with Crippen LogP contribution in [0.5, 0.6) is 0 Å². The van der Waals surface area contributed by atoms with E-state index in [0.29, 0.717) is 11.7 Å². The molecule has 0 aliphatic heterocycles. The van der Waals surface area contributed by atoms with Gasteiger partial charge in [0, 0.05) is 5.92 Å². The Morgan fingerprint density at radius 3 is 3.12 bits per heavy atom. The summed E-state index contributed by atoms with van der Waals surface area (Å²) in [5.74, 6) is 1.04. The maximum absolute atomic E-state index is 12.7. The molecule has 84 valence electrons. The normalized spacial score (nSPS) is 41.3. The summed E-state index contributed by atoms with van der Waals surface area (Å²) in [5.41, 5.74) is 1.23. The Morgan fingerprint density at radius 1 is 1.38 bits per heavy atom. The van der Waals surface area contributed by atoms with Crippen LogP contribution < -0.4 is 0 Å². The summed E-state index contributed by atoms with van der Waals surface area (Å²) in [4.78, 5) is 12.7. The third-order valence-electron chi connectivity index (χ3n) is 4.44. The van der Waals surface area contributed by atoms with Gasteiger partial charge in [-0.3, -0.25) is 4.79 Å². The summed E-state index contributed by atoms with van der Waals surface area (Å²) >= 11 is 0. The van der Waals surface area contributed by atoms with E-state index in [1.807, 2.05) is 0 Å². The fourth-order valence-electron chi connectivity index (χ4n) is 3.66. The molecule has 3 aliphatic rings. The number of Topliss-reactive ketones (excluding diaryl/α,β-unsaturated/α-hetero) is 1. The number of carbonyl (C=O) groups excluding carboxylic acids is 1. The summed E-state index contributed by atoms with van der Waals surface area (Å²) in [6.07, 6.45) is 15.1. The van der Waals surface area contributed by atoms with Gasteiger partial charge in [-0.25, -0.2) is 0 Å². The van der Waals surface area contributed by atoms with Gasteiger partial charge in [-0.1, -0.05) is 42.4 Å². The van der Waals surface area contributed by atoms with Crippen LogP contribution in [0.4, 0.5) is 0 Å². The molecule has 1 heteroatoms. The van der Waals surface area contributed by atoms with Crippen LogP contribution in [0.2, 0.25) is 0 Å². The average Bonchev–Trinajstić information content (AvgIpc) is 2.55. The van der Waals surface area contributed by atoms with Crippen molar-refractivity contribution in [2.45, 2.75) is 32.6 Å². The van der Waals surface area contributed by atoms with Crippen molar-refractivity contribution in [1.82, 2.24) is 0 Å². The molecule has 3 atom stereocenters. The van der Waals surface area contributed by atoms with Crippen molar-refractivity contribution in [3.05, 3.63) is 36.0 Å². The summed E-state index contributed by atoms with van der Waals surface area (Å²) in [6, 6.07) is 0. The van der Waals surface area contributed by atoms with Gasteiger partial charge in [0.2, 0.25) is 0 Å². The first-order valence-electron chi connectivity index (χ1n) is 6.30. The van der Waals surface area contributed by atoms with E-state index in [1.165, 1.54) is 18.4 Å². The highest BCUT2D eigenvalue weighted by molar-refractivity contribution is 5.92. The van der Waals surface area contributed by atoms with E-state index in [-0.39, 0.29) is 11.3 Å². The second-order valence-corrected chi connectivity index (χ2v) is 5.47. The number of rotatable bonds is 0. The zero-order valence-corrected chi connectivity index (χ0v) is 9.78. The highest BCUT2D eigenvalue weighted by Gasteiger charge is 2.49. The second-order valence-electron chi connectivity index (χ2n) is 5.47. The molecule has 3 rings (SSSR count). The van der Waals surface area contributed by atoms with Crippen LogP contribution >= 0.6 is 0 Å². The van der Waals surface area contributed by atoms with Crippen molar-refractivity contribution in [3.63, 3.8) is 0 Å². The van der Waals surface area contributed by atoms with Gasteiger partial charge in [0.05, 0.1) is 5.41 Å². The molecule has 16 heavy (non-hydrogen) atoms. The van der Waals surface area contributed by atoms with Gasteiger partial charge in [-0.2, -0.15) is 0 Å². The molecule has 0 aromatic carbocycles. The molecule has 3 aliphatic carbocycles. The number of allylic oxidation sites excluding steroid dienone is 6. The Bertz CT molecular complexity index is 413. The maximum atomic E-state index is 12.7. The summed E-state index contributed by atoms with van der Waals surface area (Å²) in [7, 11) is 0. The van der Waals surface area contributed by atoms with Crippen LogP contribution in [0.15, 0.2) is 36.0 Å². The smallest absolute Gasteiger partial charge is 0.150 e. The van der Waals surface area contributed by atoms with Crippen LogP contribution in [0.3, 0.4) is 0 Å². The Balaban J connectivity index is 2.15. The van der Waals surface area contributed by atoms with Gasteiger partial charge in [0.25, 0.3) is 0 Å². The molecule has 0 saturated heterocycles. The first-order chi connectivity index (χ1) is 7.72. The van der Waals surface area contributed by atoms with E-state index in [9.17, 15) is 4.79 Å². The van der Waals surface area contributed by atoms with Crippen molar-refractivity contribution < 1.29 is 4.79 Å². The zero-order chi connectivity index (χ0) is 11.2. The van der Waals surface area contributed by atoms with Crippen LogP contribution in [0.1, 0.15) is 32.6 Å². The molecular formula is C15H18O. The highest BCUT2D eigenvalue weighted by Crippen LogP contribution is 2.51. The van der Waals surface area contributed by atoms with Gasteiger partial charge in [-0.05, 0) is 32.1 Å². The van der Waals surface area contributed by atoms with Crippen molar-refractivity contribution in [2.24, 2.45) is 17.3 Å². The molecule has 2 bridgehead atoms. The Hall–Kier alpha value is -1.11. The number of fused-ring (bicyclic) bond motifs is 1. The molecule has 1 fully saturated rings. The minimum atomic E-state index is -0.161. The van der Waals surface area contributed by atoms with Crippen LogP contribution in [-0.2, 0) is 4.79 Å². The molecule has 0 radical (unpaired) electrons. The number of ketones is 1. The molecule has 0 N–H and O–H groups in total. The zero-order valence-electron chi connectivity index (χ0n) is 9.78. The first-order valence-corrected chi connectivity index (χ1v) is 6.30. The number of hydrogen-bond acceptors (Lipinski definition) is 1. The fraction of sp³-hybridized carbons (Fsp3) is 0.533. The van der Waals surface area contributed by atoms with E-state index in [4.69, 9.17) is 0 Å². The Kier molecular flexibility index (Phi) is 2.17. The molecule has 1 spiro atoms. The van der Waals surface area contributed by atoms with E-state index in [2.05, 4.69) is 37.3 Å². The van der Waals surface area contributed by atoms with Gasteiger partial charge in [-0.15, -0.1) is 0 Å². The molecule has 1 nitrogen and oxygen atoms in total. The largest absolute Gasteiger partial charge is 0.298 e. The van der Waals surface area contributed by atoms with Crippen molar-refractivity contribution in [1.29, 1.82) is 0 Å². The quantitative estimate of drug-likeness (QED) is 0.565. The molecule has 0 heterocycles. The summed E-state index contributed by atoms with van der Waals surface area (Å²) in [6.45, 7) is 2.17. The molecule has 0 amide bonds. The molecule has 0 aromatic heterocycles. The van der Waals surface area contributed by atoms with E-state index < -0.39 is 0 Å². The van der Waals surface area contributed by atoms with Crippen molar-refractivity contribution >= 4 is 5.78 Å². The van der Waals surface area contributed by atoms with Gasteiger partial charge in [0.1, 0.15) is 0 Å². The predicted octanol–water partition coefficient (Wildman–Crippen LogP) is 3.43. The van der Waals surface area contributed by atoms with E-state index in [1.54, 1.807) is 0 Å². The lowest BCUT2D eigenvalue weighted by Gasteiger charge is -2.29. The van der Waals surface area contributed by atoms with Crippen LogP contribution in [0.25, 0.3) is 0 Å². The Labute approximate surface area is 96.9 Å². The topological polar surface area (TPSA) is 17.1 Å². The maximum Gasteiger partial charge on any atom is 0.150 e. The predicted molar refractivity (Wildman–Crippen MR) is 64.9 cm³/mol. The lowest BCUT2D eigenvalue weighted by molar-refractivity contribution is -0.129. The monoisotopic (exact) mass is 214 g/mol. The SMILES string of the molecule is CC1=C[C@H]2CCC[C@]23C=CC=C[C@H](C1)C3=O. The number of carbonyl (C=O) groups is 1. The van der Waals surface area contributed by atoms with Crippen LogP contribution in [-0.4, -0.2) is 5.78 Å². The lowest BCUT2D eigenvalue weighted by Crippen LogP contribution is -2.34. The Morgan fingerprint density at radius 2 is 2.25 bits per heavy atom. The minimum Gasteiger partial charge on any atom is -0.298 e. The summed E-state index contributed by atoms with van der Waals surface area (Å²) < 4.78 is 0. The molecular weight excluding hydrogens is 196 g/mol. The molecule has 1 saturated carbocycles. The van der Waals surface area contributed by atoms with Crippen molar-refractivity contribution in [2.75, 3.05) is 0 Å². The lowest BCUT2D eigenvalue weighted by atomic mass is 9.72. The fourth-order valence-corrected chi connectivity index (χ4v) is 3.66. The third-order valence-corrected chi connectivity index (χ3v) is 4.44. The average molecular weight is 214 g/mol. The first kappa shape index (κ1) is 10.1. The van der Waals surface area contributed by atoms with Gasteiger partial charge in [0.15, 0.2) is 5.78 Å².